The summed E-state index contributed by atoms with van der Waals surface area (Å²) in [5.41, 5.74) is 1.85. The van der Waals surface area contributed by atoms with Gasteiger partial charge in [0.2, 0.25) is 0 Å². The van der Waals surface area contributed by atoms with Gasteiger partial charge >= 0.3 is 0 Å². The third-order valence-electron chi connectivity index (χ3n) is 2.47. The second-order valence-corrected chi connectivity index (χ2v) is 5.16. The van der Waals surface area contributed by atoms with Gasteiger partial charge in [0.25, 0.3) is 0 Å². The number of rotatable bonds is 2. The minimum atomic E-state index is 0.567. The van der Waals surface area contributed by atoms with E-state index in [2.05, 4.69) is 38.1 Å². The maximum atomic E-state index is 8.86. The summed E-state index contributed by atoms with van der Waals surface area (Å²) >= 11 is 1.80. The summed E-state index contributed by atoms with van der Waals surface area (Å²) in [5, 5.41) is 8.86. The first-order chi connectivity index (χ1) is 7.70. The topological polar surface area (TPSA) is 23.8 Å². The molecule has 0 saturated heterocycles. The largest absolute Gasteiger partial charge is 0.192 e. The van der Waals surface area contributed by atoms with Gasteiger partial charge in [0, 0.05) is 9.75 Å². The van der Waals surface area contributed by atoms with Gasteiger partial charge in [-0.25, -0.2) is 0 Å². The molecule has 1 aromatic carbocycles. The highest BCUT2D eigenvalue weighted by atomic mass is 32.1. The van der Waals surface area contributed by atoms with Crippen LogP contribution in [-0.4, -0.2) is 0 Å². The Hall–Kier alpha value is -1.59. The second-order valence-electron chi connectivity index (χ2n) is 4.05. The van der Waals surface area contributed by atoms with E-state index in [0.717, 1.165) is 11.1 Å². The quantitative estimate of drug-likeness (QED) is 0.745. The fourth-order valence-electron chi connectivity index (χ4n) is 1.56. The fraction of sp³-hybridized carbons (Fsp3) is 0.214. The predicted molar refractivity (Wildman–Crippen MR) is 68.6 cm³/mol. The lowest BCUT2D eigenvalue weighted by Crippen LogP contribution is -1.78. The minimum Gasteiger partial charge on any atom is -0.192 e. The average Bonchev–Trinajstić information content (AvgIpc) is 2.78. The number of nitrogens with zero attached hydrogens (tertiary/aromatic N) is 1. The summed E-state index contributed by atoms with van der Waals surface area (Å²) in [4.78, 5) is 2.62. The van der Waals surface area contributed by atoms with Gasteiger partial charge in [-0.05, 0) is 35.7 Å². The van der Waals surface area contributed by atoms with Crippen molar-refractivity contribution in [3.63, 3.8) is 0 Å². The van der Waals surface area contributed by atoms with Crippen molar-refractivity contribution in [3.8, 4) is 16.5 Å². The van der Waals surface area contributed by atoms with Crippen LogP contribution in [-0.2, 0) is 0 Å². The van der Waals surface area contributed by atoms with Crippen molar-refractivity contribution in [2.45, 2.75) is 19.8 Å². The molecule has 0 spiro atoms. The molecule has 16 heavy (non-hydrogen) atoms. The summed E-state index contributed by atoms with van der Waals surface area (Å²) in [6.07, 6.45) is 0. The maximum Gasteiger partial charge on any atom is 0.0991 e. The Morgan fingerprint density at radius 2 is 2.00 bits per heavy atom. The number of hydrogen-bond acceptors (Lipinski definition) is 2. The van der Waals surface area contributed by atoms with Gasteiger partial charge in [0.05, 0.1) is 11.6 Å². The van der Waals surface area contributed by atoms with Crippen LogP contribution in [0.15, 0.2) is 36.4 Å². The molecule has 2 heteroatoms. The van der Waals surface area contributed by atoms with E-state index < -0.39 is 0 Å². The molecule has 0 radical (unpaired) electrons. The zero-order chi connectivity index (χ0) is 11.5. The Kier molecular flexibility index (Phi) is 3.07. The molecule has 0 bridgehead atoms. The Morgan fingerprint density at radius 1 is 1.19 bits per heavy atom. The second kappa shape index (κ2) is 4.51. The van der Waals surface area contributed by atoms with Crippen molar-refractivity contribution >= 4 is 11.3 Å². The highest BCUT2D eigenvalue weighted by molar-refractivity contribution is 7.15. The van der Waals surface area contributed by atoms with Crippen molar-refractivity contribution in [1.29, 1.82) is 5.26 Å². The van der Waals surface area contributed by atoms with Crippen LogP contribution in [0.25, 0.3) is 10.4 Å². The molecule has 0 aliphatic carbocycles. The first-order valence-electron chi connectivity index (χ1n) is 5.31. The number of thiophene rings is 1. The van der Waals surface area contributed by atoms with E-state index in [4.69, 9.17) is 5.26 Å². The predicted octanol–water partition coefficient (Wildman–Crippen LogP) is 4.41. The number of hydrogen-bond donors (Lipinski definition) is 0. The van der Waals surface area contributed by atoms with E-state index in [9.17, 15) is 0 Å². The Labute approximate surface area is 100.0 Å². The lowest BCUT2D eigenvalue weighted by molar-refractivity contribution is 0.890. The van der Waals surface area contributed by atoms with E-state index in [0.29, 0.717) is 5.92 Å². The zero-order valence-electron chi connectivity index (χ0n) is 9.40. The highest BCUT2D eigenvalue weighted by Crippen LogP contribution is 2.32. The van der Waals surface area contributed by atoms with Gasteiger partial charge in [-0.2, -0.15) is 5.26 Å². The normalized spacial score (nSPS) is 10.4. The molecular weight excluding hydrogens is 214 g/mol. The van der Waals surface area contributed by atoms with Crippen LogP contribution in [0.3, 0.4) is 0 Å². The van der Waals surface area contributed by atoms with Crippen molar-refractivity contribution in [1.82, 2.24) is 0 Å². The van der Waals surface area contributed by atoms with Gasteiger partial charge in [0.15, 0.2) is 0 Å². The van der Waals surface area contributed by atoms with Crippen molar-refractivity contribution < 1.29 is 0 Å². The monoisotopic (exact) mass is 227 g/mol. The minimum absolute atomic E-state index is 0.567. The van der Waals surface area contributed by atoms with Crippen LogP contribution in [0, 0.1) is 11.3 Å². The fourth-order valence-corrected chi connectivity index (χ4v) is 2.57. The van der Waals surface area contributed by atoms with Crippen LogP contribution >= 0.6 is 11.3 Å². The van der Waals surface area contributed by atoms with E-state index in [1.54, 1.807) is 11.3 Å². The van der Waals surface area contributed by atoms with E-state index in [1.807, 2.05) is 18.2 Å². The van der Waals surface area contributed by atoms with Crippen LogP contribution < -0.4 is 0 Å². The van der Waals surface area contributed by atoms with Crippen molar-refractivity contribution in [2.75, 3.05) is 0 Å². The molecular formula is C14H13NS. The molecule has 2 aromatic rings. The third kappa shape index (κ3) is 2.15. The van der Waals surface area contributed by atoms with Gasteiger partial charge < -0.3 is 0 Å². The molecule has 0 unspecified atom stereocenters. The van der Waals surface area contributed by atoms with Gasteiger partial charge in [0.1, 0.15) is 0 Å². The van der Waals surface area contributed by atoms with Gasteiger partial charge in [-0.3, -0.25) is 0 Å². The molecule has 0 amide bonds. The van der Waals surface area contributed by atoms with E-state index in [1.165, 1.54) is 9.75 Å². The summed E-state index contributed by atoms with van der Waals surface area (Å²) in [7, 11) is 0. The molecule has 1 aromatic heterocycles. The standard InChI is InChI=1S/C14H13NS/c1-10(2)13-6-7-14(16-13)12-5-3-4-11(8-12)9-15/h3-8,10H,1-2H3. The molecule has 0 saturated carbocycles. The van der Waals surface area contributed by atoms with Crippen molar-refractivity contribution in [2.24, 2.45) is 0 Å². The first-order valence-corrected chi connectivity index (χ1v) is 6.12. The SMILES string of the molecule is CC(C)c1ccc(-c2cccc(C#N)c2)s1. The molecule has 0 atom stereocenters. The first kappa shape index (κ1) is 10.9. The summed E-state index contributed by atoms with van der Waals surface area (Å²) in [5.74, 6) is 0.567. The lowest BCUT2D eigenvalue weighted by Gasteiger charge is -1.99. The summed E-state index contributed by atoms with van der Waals surface area (Å²) < 4.78 is 0. The Bertz CT molecular complexity index is 532. The molecule has 1 nitrogen and oxygen atoms in total. The van der Waals surface area contributed by atoms with E-state index >= 15 is 0 Å². The van der Waals surface area contributed by atoms with Gasteiger partial charge in [-0.15, -0.1) is 11.3 Å². The van der Waals surface area contributed by atoms with Crippen LogP contribution in [0.5, 0.6) is 0 Å². The van der Waals surface area contributed by atoms with E-state index in [-0.39, 0.29) is 0 Å². The molecule has 0 aliphatic heterocycles. The smallest absolute Gasteiger partial charge is 0.0991 e. The highest BCUT2D eigenvalue weighted by Gasteiger charge is 2.06. The lowest BCUT2D eigenvalue weighted by atomic mass is 10.1. The number of benzene rings is 1. The summed E-state index contributed by atoms with van der Waals surface area (Å²) in [6, 6.07) is 14.2. The van der Waals surface area contributed by atoms with Crippen LogP contribution in [0.2, 0.25) is 0 Å². The van der Waals surface area contributed by atoms with Crippen LogP contribution in [0.4, 0.5) is 0 Å². The summed E-state index contributed by atoms with van der Waals surface area (Å²) in [6.45, 7) is 4.39. The molecule has 0 aliphatic rings. The zero-order valence-corrected chi connectivity index (χ0v) is 10.2. The van der Waals surface area contributed by atoms with Gasteiger partial charge in [-0.1, -0.05) is 26.0 Å². The molecule has 2 rings (SSSR count). The molecule has 1 heterocycles. The third-order valence-corrected chi connectivity index (χ3v) is 3.91. The Morgan fingerprint density at radius 3 is 2.62 bits per heavy atom. The average molecular weight is 227 g/mol. The molecule has 80 valence electrons. The maximum absolute atomic E-state index is 8.86. The molecule has 0 N–H and O–H groups in total. The Balaban J connectivity index is 2.39. The number of nitriles is 1. The molecule has 0 fully saturated rings. The van der Waals surface area contributed by atoms with Crippen LogP contribution in [0.1, 0.15) is 30.2 Å². The van der Waals surface area contributed by atoms with Crippen molar-refractivity contribution in [3.05, 3.63) is 46.8 Å².